The highest BCUT2D eigenvalue weighted by atomic mass is 19.2. The highest BCUT2D eigenvalue weighted by Crippen LogP contribution is 2.31. The van der Waals surface area contributed by atoms with Crippen molar-refractivity contribution in [3.05, 3.63) is 77.9 Å². The van der Waals surface area contributed by atoms with Crippen molar-refractivity contribution in [3.63, 3.8) is 0 Å². The van der Waals surface area contributed by atoms with Crippen LogP contribution in [0.25, 0.3) is 11.1 Å². The number of nitrogens with one attached hydrogen (secondary N) is 1. The van der Waals surface area contributed by atoms with Gasteiger partial charge >= 0.3 is 0 Å². The van der Waals surface area contributed by atoms with Crippen LogP contribution in [0.2, 0.25) is 0 Å². The van der Waals surface area contributed by atoms with E-state index >= 15 is 0 Å². The van der Waals surface area contributed by atoms with E-state index in [1.54, 1.807) is 0 Å². The fraction of sp³-hybridized carbons (Fsp3) is 0. The van der Waals surface area contributed by atoms with Crippen molar-refractivity contribution in [1.82, 2.24) is 0 Å². The van der Waals surface area contributed by atoms with Crippen LogP contribution in [0.1, 0.15) is 10.4 Å². The molecular weight excluding hydrogens is 328 g/mol. The number of hydrogen-bond donors (Lipinski definition) is 3. The Morgan fingerprint density at radius 2 is 1.44 bits per heavy atom. The van der Waals surface area contributed by atoms with E-state index < -0.39 is 17.5 Å². The van der Waals surface area contributed by atoms with Crippen LogP contribution in [0.5, 0.6) is 11.5 Å². The Hall–Kier alpha value is -3.41. The summed E-state index contributed by atoms with van der Waals surface area (Å²) in [5.41, 5.74) is 1.31. The van der Waals surface area contributed by atoms with Crippen LogP contribution in [-0.2, 0) is 0 Å². The standard InChI is InChI=1S/C19H13F2NO3/c20-15-7-3-12(9-16(15)21)13-4-8-18(24)17(10-13)22-19(25)11-1-5-14(23)6-2-11/h1-10,23-24H,(H,22,25). The van der Waals surface area contributed by atoms with E-state index in [2.05, 4.69) is 5.32 Å². The lowest BCUT2D eigenvalue weighted by Gasteiger charge is -2.10. The molecule has 3 rings (SSSR count). The van der Waals surface area contributed by atoms with Crippen LogP contribution in [0.15, 0.2) is 60.7 Å². The molecule has 3 N–H and O–H groups in total. The maximum absolute atomic E-state index is 13.4. The first-order valence-electron chi connectivity index (χ1n) is 7.33. The number of phenols is 2. The van der Waals surface area contributed by atoms with Gasteiger partial charge in [-0.15, -0.1) is 0 Å². The molecule has 0 spiro atoms. The Morgan fingerprint density at radius 1 is 0.800 bits per heavy atom. The van der Waals surface area contributed by atoms with Crippen LogP contribution in [-0.4, -0.2) is 16.1 Å². The van der Waals surface area contributed by atoms with Crippen molar-refractivity contribution < 1.29 is 23.8 Å². The van der Waals surface area contributed by atoms with Gasteiger partial charge in [0.1, 0.15) is 11.5 Å². The second-order valence-electron chi connectivity index (χ2n) is 5.36. The van der Waals surface area contributed by atoms with E-state index in [4.69, 9.17) is 0 Å². The molecule has 1 amide bonds. The molecule has 126 valence electrons. The predicted molar refractivity (Wildman–Crippen MR) is 89.5 cm³/mol. The Kier molecular flexibility index (Phi) is 4.35. The van der Waals surface area contributed by atoms with E-state index in [1.807, 2.05) is 0 Å². The minimum Gasteiger partial charge on any atom is -0.508 e. The highest BCUT2D eigenvalue weighted by molar-refractivity contribution is 6.05. The number of amides is 1. The quantitative estimate of drug-likeness (QED) is 0.622. The van der Waals surface area contributed by atoms with Crippen molar-refractivity contribution in [3.8, 4) is 22.6 Å². The molecule has 0 bridgehead atoms. The zero-order valence-electron chi connectivity index (χ0n) is 12.8. The maximum Gasteiger partial charge on any atom is 0.255 e. The average molecular weight is 341 g/mol. The number of rotatable bonds is 3. The molecule has 0 heterocycles. The zero-order chi connectivity index (χ0) is 18.0. The first kappa shape index (κ1) is 16.4. The summed E-state index contributed by atoms with van der Waals surface area (Å²) >= 11 is 0. The van der Waals surface area contributed by atoms with Gasteiger partial charge in [-0.25, -0.2) is 8.78 Å². The molecule has 0 saturated heterocycles. The van der Waals surface area contributed by atoms with Crippen molar-refractivity contribution in [2.24, 2.45) is 0 Å². The van der Waals surface area contributed by atoms with Gasteiger partial charge in [-0.05, 0) is 59.7 Å². The van der Waals surface area contributed by atoms with Crippen molar-refractivity contribution in [2.75, 3.05) is 5.32 Å². The molecule has 4 nitrogen and oxygen atoms in total. The third kappa shape index (κ3) is 3.58. The molecule has 0 aliphatic carbocycles. The van der Waals surface area contributed by atoms with Gasteiger partial charge in [-0.3, -0.25) is 4.79 Å². The fourth-order valence-corrected chi connectivity index (χ4v) is 2.30. The summed E-state index contributed by atoms with van der Waals surface area (Å²) in [7, 11) is 0. The molecule has 3 aromatic carbocycles. The summed E-state index contributed by atoms with van der Waals surface area (Å²) < 4.78 is 26.5. The summed E-state index contributed by atoms with van der Waals surface area (Å²) in [4.78, 5) is 12.2. The molecule has 25 heavy (non-hydrogen) atoms. The van der Waals surface area contributed by atoms with Gasteiger partial charge in [0.15, 0.2) is 11.6 Å². The Balaban J connectivity index is 1.90. The Bertz CT molecular complexity index is 940. The van der Waals surface area contributed by atoms with Crippen molar-refractivity contribution in [1.29, 1.82) is 0 Å². The molecule has 0 saturated carbocycles. The molecule has 0 aromatic heterocycles. The minimum absolute atomic E-state index is 0.0275. The average Bonchev–Trinajstić information content (AvgIpc) is 2.60. The van der Waals surface area contributed by atoms with E-state index in [0.29, 0.717) is 11.1 Å². The smallest absolute Gasteiger partial charge is 0.255 e. The summed E-state index contributed by atoms with van der Waals surface area (Å²) in [6.07, 6.45) is 0. The van der Waals surface area contributed by atoms with Gasteiger partial charge in [0.25, 0.3) is 5.91 Å². The van der Waals surface area contributed by atoms with Crippen LogP contribution in [0, 0.1) is 11.6 Å². The van der Waals surface area contributed by atoms with Gasteiger partial charge < -0.3 is 15.5 Å². The van der Waals surface area contributed by atoms with Crippen LogP contribution in [0.3, 0.4) is 0 Å². The molecule has 0 aliphatic heterocycles. The molecule has 0 unspecified atom stereocenters. The number of benzene rings is 3. The molecule has 0 atom stereocenters. The largest absolute Gasteiger partial charge is 0.508 e. The van der Waals surface area contributed by atoms with Crippen LogP contribution < -0.4 is 5.32 Å². The van der Waals surface area contributed by atoms with E-state index in [1.165, 1.54) is 48.5 Å². The molecule has 3 aromatic rings. The van der Waals surface area contributed by atoms with Crippen molar-refractivity contribution >= 4 is 11.6 Å². The lowest BCUT2D eigenvalue weighted by molar-refractivity contribution is 0.102. The van der Waals surface area contributed by atoms with E-state index in [9.17, 15) is 23.8 Å². The maximum atomic E-state index is 13.4. The van der Waals surface area contributed by atoms with E-state index in [0.717, 1.165) is 12.1 Å². The minimum atomic E-state index is -0.986. The molecule has 0 radical (unpaired) electrons. The Labute approximate surface area is 142 Å². The molecule has 0 aliphatic rings. The third-order valence-electron chi connectivity index (χ3n) is 3.63. The number of anilines is 1. The topological polar surface area (TPSA) is 69.6 Å². The second kappa shape index (κ2) is 6.60. The zero-order valence-corrected chi connectivity index (χ0v) is 12.8. The normalized spacial score (nSPS) is 10.5. The third-order valence-corrected chi connectivity index (χ3v) is 3.63. The molecule has 6 heteroatoms. The highest BCUT2D eigenvalue weighted by Gasteiger charge is 2.11. The Morgan fingerprint density at radius 3 is 2.12 bits per heavy atom. The predicted octanol–water partition coefficient (Wildman–Crippen LogP) is 4.30. The van der Waals surface area contributed by atoms with Gasteiger partial charge in [0.05, 0.1) is 5.69 Å². The molecule has 0 fully saturated rings. The first-order valence-corrected chi connectivity index (χ1v) is 7.33. The first-order chi connectivity index (χ1) is 11.9. The number of aromatic hydroxyl groups is 2. The molecular formula is C19H13F2NO3. The summed E-state index contributed by atoms with van der Waals surface area (Å²) in [5, 5.41) is 21.7. The number of halogens is 2. The van der Waals surface area contributed by atoms with Crippen LogP contribution in [0.4, 0.5) is 14.5 Å². The second-order valence-corrected chi connectivity index (χ2v) is 5.36. The number of hydrogen-bond acceptors (Lipinski definition) is 3. The lowest BCUT2D eigenvalue weighted by atomic mass is 10.0. The number of carbonyl (C=O) groups excluding carboxylic acids is 1. The SMILES string of the molecule is O=C(Nc1cc(-c2ccc(F)c(F)c2)ccc1O)c1ccc(O)cc1. The van der Waals surface area contributed by atoms with Crippen molar-refractivity contribution in [2.45, 2.75) is 0 Å². The fourth-order valence-electron chi connectivity index (χ4n) is 2.30. The van der Waals surface area contributed by atoms with Gasteiger partial charge in [0.2, 0.25) is 0 Å². The number of carbonyl (C=O) groups is 1. The van der Waals surface area contributed by atoms with Gasteiger partial charge in [-0.1, -0.05) is 12.1 Å². The lowest BCUT2D eigenvalue weighted by Crippen LogP contribution is -2.11. The van der Waals surface area contributed by atoms with Gasteiger partial charge in [-0.2, -0.15) is 0 Å². The summed E-state index contributed by atoms with van der Waals surface area (Å²) in [6.45, 7) is 0. The monoisotopic (exact) mass is 341 g/mol. The van der Waals surface area contributed by atoms with Gasteiger partial charge in [0, 0.05) is 5.56 Å². The summed E-state index contributed by atoms with van der Waals surface area (Å²) in [6, 6.07) is 13.4. The summed E-state index contributed by atoms with van der Waals surface area (Å²) in [5.74, 6) is -2.57. The van der Waals surface area contributed by atoms with E-state index in [-0.39, 0.29) is 22.7 Å². The van der Waals surface area contributed by atoms with Crippen LogP contribution >= 0.6 is 0 Å². The number of phenolic OH excluding ortho intramolecular Hbond substituents is 2.